The van der Waals surface area contributed by atoms with E-state index in [4.69, 9.17) is 10.00 Å². The Bertz CT molecular complexity index is 792. The molecule has 1 fully saturated rings. The lowest BCUT2D eigenvalue weighted by Crippen LogP contribution is -2.13. The Labute approximate surface area is 154 Å². The van der Waals surface area contributed by atoms with E-state index in [1.54, 1.807) is 24.3 Å². The fourth-order valence-electron chi connectivity index (χ4n) is 3.62. The van der Waals surface area contributed by atoms with E-state index in [0.29, 0.717) is 22.8 Å². The molecule has 1 aliphatic carbocycles. The Balaban J connectivity index is 1.59. The van der Waals surface area contributed by atoms with Gasteiger partial charge in [-0.15, -0.1) is 6.58 Å². The number of nitrogens with zero attached hydrogens (tertiary/aromatic N) is 1. The first-order valence-electron chi connectivity index (χ1n) is 9.13. The second-order valence-electron chi connectivity index (χ2n) is 6.89. The van der Waals surface area contributed by atoms with Crippen LogP contribution in [0.1, 0.15) is 59.5 Å². The molecule has 0 N–H and O–H groups in total. The van der Waals surface area contributed by atoms with Gasteiger partial charge in [0.1, 0.15) is 5.75 Å². The molecule has 3 rings (SSSR count). The summed E-state index contributed by atoms with van der Waals surface area (Å²) in [6, 6.07) is 16.4. The number of hydrogen-bond acceptors (Lipinski definition) is 3. The van der Waals surface area contributed by atoms with Crippen LogP contribution in [0.2, 0.25) is 0 Å². The van der Waals surface area contributed by atoms with E-state index in [9.17, 15) is 4.79 Å². The summed E-state index contributed by atoms with van der Waals surface area (Å²) in [6.07, 6.45) is 8.05. The maximum absolute atomic E-state index is 12.3. The summed E-state index contributed by atoms with van der Waals surface area (Å²) in [4.78, 5) is 12.3. The second-order valence-corrected chi connectivity index (χ2v) is 6.89. The minimum Gasteiger partial charge on any atom is -0.423 e. The van der Waals surface area contributed by atoms with Gasteiger partial charge in [-0.1, -0.05) is 18.2 Å². The van der Waals surface area contributed by atoms with Crippen LogP contribution < -0.4 is 4.74 Å². The highest BCUT2D eigenvalue weighted by atomic mass is 16.5. The maximum Gasteiger partial charge on any atom is 0.343 e. The lowest BCUT2D eigenvalue weighted by molar-refractivity contribution is 0.0734. The zero-order valence-corrected chi connectivity index (χ0v) is 14.9. The van der Waals surface area contributed by atoms with Gasteiger partial charge in [-0.05, 0) is 85.9 Å². The van der Waals surface area contributed by atoms with Crippen molar-refractivity contribution in [3.63, 3.8) is 0 Å². The molecule has 0 aliphatic heterocycles. The van der Waals surface area contributed by atoms with Gasteiger partial charge in [0.15, 0.2) is 0 Å². The van der Waals surface area contributed by atoms with Gasteiger partial charge in [-0.25, -0.2) is 4.79 Å². The molecule has 0 amide bonds. The predicted molar refractivity (Wildman–Crippen MR) is 102 cm³/mol. The van der Waals surface area contributed by atoms with Crippen LogP contribution >= 0.6 is 0 Å². The van der Waals surface area contributed by atoms with Crippen molar-refractivity contribution >= 4 is 5.97 Å². The molecule has 1 saturated carbocycles. The van der Waals surface area contributed by atoms with E-state index in [1.165, 1.54) is 31.2 Å². The van der Waals surface area contributed by atoms with Crippen LogP contribution in [-0.2, 0) is 0 Å². The van der Waals surface area contributed by atoms with Crippen molar-refractivity contribution in [3.8, 4) is 11.8 Å². The molecule has 132 valence electrons. The number of allylic oxidation sites excluding steroid dienone is 1. The fourth-order valence-corrected chi connectivity index (χ4v) is 3.62. The molecule has 0 radical (unpaired) electrons. The molecule has 0 aromatic heterocycles. The molecule has 1 aliphatic rings. The van der Waals surface area contributed by atoms with Crippen molar-refractivity contribution in [2.45, 2.75) is 38.0 Å². The van der Waals surface area contributed by atoms with Gasteiger partial charge in [-0.3, -0.25) is 0 Å². The number of carbonyl (C=O) groups is 1. The monoisotopic (exact) mass is 345 g/mol. The first-order valence-corrected chi connectivity index (χ1v) is 9.13. The number of rotatable bonds is 5. The van der Waals surface area contributed by atoms with Crippen LogP contribution in [0, 0.1) is 17.2 Å². The quantitative estimate of drug-likeness (QED) is 0.401. The van der Waals surface area contributed by atoms with Crippen molar-refractivity contribution < 1.29 is 9.53 Å². The number of nitriles is 1. The average Bonchev–Trinajstić information content (AvgIpc) is 2.69. The lowest BCUT2D eigenvalue weighted by Gasteiger charge is -2.28. The van der Waals surface area contributed by atoms with Gasteiger partial charge in [0, 0.05) is 0 Å². The van der Waals surface area contributed by atoms with Crippen LogP contribution in [0.15, 0.2) is 61.2 Å². The summed E-state index contributed by atoms with van der Waals surface area (Å²) in [5.74, 6) is 1.43. The Morgan fingerprint density at radius 3 is 2.31 bits per heavy atom. The number of carbonyl (C=O) groups excluding carboxylic acids is 1. The molecule has 3 heteroatoms. The molecular weight excluding hydrogens is 322 g/mol. The van der Waals surface area contributed by atoms with E-state index >= 15 is 0 Å². The highest BCUT2D eigenvalue weighted by molar-refractivity contribution is 5.91. The number of esters is 1. The molecule has 26 heavy (non-hydrogen) atoms. The Kier molecular flexibility index (Phi) is 5.86. The minimum atomic E-state index is -0.379. The van der Waals surface area contributed by atoms with Gasteiger partial charge >= 0.3 is 5.97 Å². The highest BCUT2D eigenvalue weighted by Gasteiger charge is 2.21. The van der Waals surface area contributed by atoms with Crippen LogP contribution in [0.25, 0.3) is 0 Å². The third-order valence-corrected chi connectivity index (χ3v) is 5.16. The zero-order valence-electron chi connectivity index (χ0n) is 14.9. The van der Waals surface area contributed by atoms with Crippen LogP contribution in [-0.4, -0.2) is 5.97 Å². The molecule has 3 nitrogen and oxygen atoms in total. The van der Waals surface area contributed by atoms with Crippen LogP contribution in [0.4, 0.5) is 0 Å². The molecule has 0 atom stereocenters. The third-order valence-electron chi connectivity index (χ3n) is 5.16. The fraction of sp³-hybridized carbons (Fsp3) is 0.304. The van der Waals surface area contributed by atoms with Gasteiger partial charge in [0.05, 0.1) is 17.2 Å². The second kappa shape index (κ2) is 8.49. The minimum absolute atomic E-state index is 0.379. The summed E-state index contributed by atoms with van der Waals surface area (Å²) < 4.78 is 5.37. The Morgan fingerprint density at radius 1 is 1.08 bits per heavy atom. The van der Waals surface area contributed by atoms with Gasteiger partial charge in [0.2, 0.25) is 0 Å². The maximum atomic E-state index is 12.3. The van der Waals surface area contributed by atoms with Crippen LogP contribution in [0.5, 0.6) is 5.75 Å². The average molecular weight is 345 g/mol. The smallest absolute Gasteiger partial charge is 0.343 e. The van der Waals surface area contributed by atoms with Crippen molar-refractivity contribution in [1.29, 1.82) is 5.26 Å². The van der Waals surface area contributed by atoms with Gasteiger partial charge in [0.25, 0.3) is 0 Å². The molecule has 0 bridgehead atoms. The molecule has 0 saturated heterocycles. The number of ether oxygens (including phenoxy) is 1. The molecule has 0 unspecified atom stereocenters. The zero-order chi connectivity index (χ0) is 18.4. The lowest BCUT2D eigenvalue weighted by atomic mass is 9.77. The predicted octanol–water partition coefficient (Wildman–Crippen LogP) is 5.63. The highest BCUT2D eigenvalue weighted by Crippen LogP contribution is 2.37. The molecule has 2 aromatic carbocycles. The Hall–Kier alpha value is -2.86. The van der Waals surface area contributed by atoms with E-state index < -0.39 is 0 Å². The van der Waals surface area contributed by atoms with Crippen molar-refractivity contribution in [1.82, 2.24) is 0 Å². The summed E-state index contributed by atoms with van der Waals surface area (Å²) in [5.41, 5.74) is 2.38. The Morgan fingerprint density at radius 2 is 1.73 bits per heavy atom. The van der Waals surface area contributed by atoms with Gasteiger partial charge in [-0.2, -0.15) is 5.26 Å². The summed E-state index contributed by atoms with van der Waals surface area (Å²) in [7, 11) is 0. The summed E-state index contributed by atoms with van der Waals surface area (Å²) >= 11 is 0. The van der Waals surface area contributed by atoms with Crippen molar-refractivity contribution in [2.24, 2.45) is 5.92 Å². The first-order chi connectivity index (χ1) is 12.7. The normalized spacial score (nSPS) is 19.3. The van der Waals surface area contributed by atoms with Crippen molar-refractivity contribution in [3.05, 3.63) is 77.9 Å². The molecule has 2 aromatic rings. The van der Waals surface area contributed by atoms with E-state index in [0.717, 1.165) is 12.3 Å². The van der Waals surface area contributed by atoms with Crippen LogP contribution in [0.3, 0.4) is 0 Å². The van der Waals surface area contributed by atoms with Gasteiger partial charge < -0.3 is 4.74 Å². The first kappa shape index (κ1) is 17.9. The third kappa shape index (κ3) is 4.40. The molecular formula is C23H23NO2. The summed E-state index contributed by atoms with van der Waals surface area (Å²) in [6.45, 7) is 3.84. The van der Waals surface area contributed by atoms with E-state index in [1.807, 2.05) is 36.4 Å². The number of benzene rings is 2. The molecule has 0 spiro atoms. The molecule has 0 heterocycles. The largest absolute Gasteiger partial charge is 0.423 e. The summed E-state index contributed by atoms with van der Waals surface area (Å²) in [5, 5.41) is 8.80. The SMILES string of the molecule is C=CC[C@H]1CC[C@H](c2ccc(C(=O)Oc3ccc(C#N)cc3)cc2)CC1. The van der Waals surface area contributed by atoms with E-state index in [2.05, 4.69) is 6.58 Å². The van der Waals surface area contributed by atoms with Crippen molar-refractivity contribution in [2.75, 3.05) is 0 Å². The standard InChI is InChI=1S/C23H23NO2/c1-2-3-17-4-8-19(9-5-17)20-10-12-21(13-11-20)23(25)26-22-14-6-18(16-24)7-15-22/h2,6-7,10-15,17,19H,1,3-5,8-9H2/t17-,19-. The number of hydrogen-bond donors (Lipinski definition) is 0. The topological polar surface area (TPSA) is 50.1 Å². The van der Waals surface area contributed by atoms with E-state index in [-0.39, 0.29) is 5.97 Å².